The maximum absolute atomic E-state index is 13.5. The van der Waals surface area contributed by atoms with Gasteiger partial charge in [-0.2, -0.15) is 9.78 Å². The van der Waals surface area contributed by atoms with Gasteiger partial charge in [-0.05, 0) is 69.5 Å². The molecule has 0 bridgehead atoms. The monoisotopic (exact) mass is 496 g/mol. The van der Waals surface area contributed by atoms with Crippen LogP contribution < -0.4 is 5.56 Å². The van der Waals surface area contributed by atoms with Gasteiger partial charge in [-0.1, -0.05) is 37.5 Å². The number of para-hydroxylation sites is 1. The molecular weight excluding hydrogens is 464 g/mol. The molecule has 1 aliphatic carbocycles. The van der Waals surface area contributed by atoms with Gasteiger partial charge in [-0.15, -0.1) is 0 Å². The number of benzene rings is 2. The fraction of sp³-hybridized carbons (Fsp3) is 0.333. The lowest BCUT2D eigenvalue weighted by atomic mass is 9.88. The van der Waals surface area contributed by atoms with Gasteiger partial charge in [0, 0.05) is 28.6 Å². The fourth-order valence-corrected chi connectivity index (χ4v) is 5.48. The summed E-state index contributed by atoms with van der Waals surface area (Å²) in [6, 6.07) is 15.1. The number of methoxy groups -OCH3 is 1. The Balaban J connectivity index is 1.60. The zero-order chi connectivity index (χ0) is 26.1. The normalized spacial score (nSPS) is 14.5. The molecule has 0 unspecified atom stereocenters. The van der Waals surface area contributed by atoms with Gasteiger partial charge in [0.15, 0.2) is 0 Å². The van der Waals surface area contributed by atoms with E-state index in [0.29, 0.717) is 10.9 Å². The molecular formula is C30H32N4O3. The molecule has 0 radical (unpaired) electrons. The maximum atomic E-state index is 13.5. The summed E-state index contributed by atoms with van der Waals surface area (Å²) < 4.78 is 8.57. The Hall–Kier alpha value is -4.00. The second-order valence-electron chi connectivity index (χ2n) is 9.79. The Kier molecular flexibility index (Phi) is 6.78. The van der Waals surface area contributed by atoms with Crippen molar-refractivity contribution in [3.8, 4) is 5.69 Å². The van der Waals surface area contributed by atoms with Gasteiger partial charge in [0.05, 0.1) is 29.8 Å². The number of fused-ring (bicyclic) bond motifs is 1. The number of carbonyl (C=O) groups is 1. The van der Waals surface area contributed by atoms with Gasteiger partial charge >= 0.3 is 5.97 Å². The SMILES string of the molecule is COC(=O)c1cccc(-n2c(C)cc(C=Nn3c(C4CCCCC4)nc4ccccc4c3=O)c2C)c1C. The van der Waals surface area contributed by atoms with E-state index in [2.05, 4.69) is 4.57 Å². The van der Waals surface area contributed by atoms with Gasteiger partial charge in [0.2, 0.25) is 0 Å². The Morgan fingerprint density at radius 2 is 1.81 bits per heavy atom. The highest BCUT2D eigenvalue weighted by molar-refractivity contribution is 5.92. The summed E-state index contributed by atoms with van der Waals surface area (Å²) in [4.78, 5) is 30.7. The molecule has 7 heteroatoms. The van der Waals surface area contributed by atoms with Gasteiger partial charge in [-0.3, -0.25) is 4.79 Å². The lowest BCUT2D eigenvalue weighted by molar-refractivity contribution is 0.0600. The number of hydrogen-bond donors (Lipinski definition) is 0. The third kappa shape index (κ3) is 4.50. The van der Waals surface area contributed by atoms with E-state index in [0.717, 1.165) is 65.2 Å². The molecule has 4 aromatic rings. The molecule has 0 atom stereocenters. The predicted octanol–water partition coefficient (Wildman–Crippen LogP) is 5.83. The Morgan fingerprint density at radius 1 is 1.05 bits per heavy atom. The molecule has 2 aromatic heterocycles. The first-order valence-electron chi connectivity index (χ1n) is 12.8. The molecule has 1 aliphatic rings. The lowest BCUT2D eigenvalue weighted by Crippen LogP contribution is -2.25. The van der Waals surface area contributed by atoms with Crippen molar-refractivity contribution >= 4 is 23.1 Å². The minimum Gasteiger partial charge on any atom is -0.465 e. The molecule has 7 nitrogen and oxygen atoms in total. The van der Waals surface area contributed by atoms with E-state index in [9.17, 15) is 9.59 Å². The number of carbonyl (C=O) groups excluding carboxylic acids is 1. The van der Waals surface area contributed by atoms with Crippen LogP contribution in [0.2, 0.25) is 0 Å². The van der Waals surface area contributed by atoms with Crippen LogP contribution in [0.25, 0.3) is 16.6 Å². The maximum Gasteiger partial charge on any atom is 0.338 e. The molecule has 0 amide bonds. The number of rotatable bonds is 5. The van der Waals surface area contributed by atoms with Gasteiger partial charge < -0.3 is 9.30 Å². The highest BCUT2D eigenvalue weighted by atomic mass is 16.5. The van der Waals surface area contributed by atoms with Crippen molar-refractivity contribution in [2.24, 2.45) is 5.10 Å². The van der Waals surface area contributed by atoms with E-state index in [1.54, 1.807) is 12.3 Å². The van der Waals surface area contributed by atoms with Crippen molar-refractivity contribution in [3.05, 3.63) is 92.8 Å². The first-order valence-corrected chi connectivity index (χ1v) is 12.8. The van der Waals surface area contributed by atoms with Crippen molar-refractivity contribution in [3.63, 3.8) is 0 Å². The summed E-state index contributed by atoms with van der Waals surface area (Å²) in [5.41, 5.74) is 5.73. The summed E-state index contributed by atoms with van der Waals surface area (Å²) >= 11 is 0. The topological polar surface area (TPSA) is 78.5 Å². The van der Waals surface area contributed by atoms with E-state index >= 15 is 0 Å². The van der Waals surface area contributed by atoms with Gasteiger partial charge in [0.25, 0.3) is 5.56 Å². The molecule has 0 spiro atoms. The van der Waals surface area contributed by atoms with Crippen LogP contribution in [0.5, 0.6) is 0 Å². The zero-order valence-corrected chi connectivity index (χ0v) is 21.8. The second kappa shape index (κ2) is 10.2. The van der Waals surface area contributed by atoms with E-state index < -0.39 is 0 Å². The third-order valence-electron chi connectivity index (χ3n) is 7.48. The average Bonchev–Trinajstić information content (AvgIpc) is 3.20. The van der Waals surface area contributed by atoms with E-state index in [-0.39, 0.29) is 17.4 Å². The molecule has 190 valence electrons. The molecule has 2 aromatic carbocycles. The second-order valence-corrected chi connectivity index (χ2v) is 9.79. The van der Waals surface area contributed by atoms with Crippen LogP contribution in [0.1, 0.15) is 76.7 Å². The van der Waals surface area contributed by atoms with Crippen molar-refractivity contribution in [1.82, 2.24) is 14.2 Å². The van der Waals surface area contributed by atoms with Gasteiger partial charge in [0.1, 0.15) is 5.82 Å². The van der Waals surface area contributed by atoms with E-state index in [1.807, 2.05) is 63.2 Å². The van der Waals surface area contributed by atoms with Crippen LogP contribution in [-0.2, 0) is 4.74 Å². The third-order valence-corrected chi connectivity index (χ3v) is 7.48. The minimum absolute atomic E-state index is 0.141. The van der Waals surface area contributed by atoms with Crippen LogP contribution in [0.3, 0.4) is 0 Å². The van der Waals surface area contributed by atoms with Crippen LogP contribution >= 0.6 is 0 Å². The molecule has 1 saturated carbocycles. The van der Waals surface area contributed by atoms with Crippen molar-refractivity contribution < 1.29 is 9.53 Å². The number of nitrogens with zero attached hydrogens (tertiary/aromatic N) is 4. The van der Waals surface area contributed by atoms with Crippen molar-refractivity contribution in [2.45, 2.75) is 58.8 Å². The van der Waals surface area contributed by atoms with Crippen LogP contribution in [-0.4, -0.2) is 33.5 Å². The number of hydrogen-bond acceptors (Lipinski definition) is 5. The first-order chi connectivity index (χ1) is 17.9. The van der Waals surface area contributed by atoms with Crippen LogP contribution in [0, 0.1) is 20.8 Å². The summed E-state index contributed by atoms with van der Waals surface area (Å²) in [6.45, 7) is 5.96. The summed E-state index contributed by atoms with van der Waals surface area (Å²) in [5.74, 6) is 0.608. The number of esters is 1. The van der Waals surface area contributed by atoms with Crippen LogP contribution in [0.4, 0.5) is 0 Å². The average molecular weight is 497 g/mol. The minimum atomic E-state index is -0.359. The Morgan fingerprint density at radius 3 is 2.57 bits per heavy atom. The largest absolute Gasteiger partial charge is 0.465 e. The first kappa shape index (κ1) is 24.7. The molecule has 37 heavy (non-hydrogen) atoms. The molecule has 1 fully saturated rings. The predicted molar refractivity (Wildman–Crippen MR) is 146 cm³/mol. The molecule has 2 heterocycles. The number of ether oxygens (including phenoxy) is 1. The van der Waals surface area contributed by atoms with E-state index in [4.69, 9.17) is 14.8 Å². The fourth-order valence-electron chi connectivity index (χ4n) is 5.48. The molecule has 0 aliphatic heterocycles. The molecule has 5 rings (SSSR count). The molecule has 0 saturated heterocycles. The van der Waals surface area contributed by atoms with E-state index in [1.165, 1.54) is 18.2 Å². The Labute approximate surface area is 216 Å². The van der Waals surface area contributed by atoms with Crippen molar-refractivity contribution in [1.29, 1.82) is 0 Å². The highest BCUT2D eigenvalue weighted by Gasteiger charge is 2.23. The zero-order valence-electron chi connectivity index (χ0n) is 21.8. The summed E-state index contributed by atoms with van der Waals surface area (Å²) in [7, 11) is 1.39. The van der Waals surface area contributed by atoms with Crippen LogP contribution in [0.15, 0.2) is 58.4 Å². The lowest BCUT2D eigenvalue weighted by Gasteiger charge is -2.22. The van der Waals surface area contributed by atoms with Crippen molar-refractivity contribution in [2.75, 3.05) is 7.11 Å². The summed E-state index contributed by atoms with van der Waals surface area (Å²) in [5, 5.41) is 5.29. The highest BCUT2D eigenvalue weighted by Crippen LogP contribution is 2.32. The molecule has 0 N–H and O–H groups in total. The Bertz CT molecular complexity index is 1570. The smallest absolute Gasteiger partial charge is 0.338 e. The number of aryl methyl sites for hydroxylation is 1. The van der Waals surface area contributed by atoms with Gasteiger partial charge in [-0.25, -0.2) is 9.78 Å². The standard InChI is InChI=1S/C30H32N4O3/c1-19-17-23(21(3)33(19)27-16-10-14-24(20(27)2)30(36)37-4)18-31-34-28(22-11-6-5-7-12-22)32-26-15-9-8-13-25(26)29(34)35/h8-10,13-18,22H,5-7,11-12H2,1-4H3. The quantitative estimate of drug-likeness (QED) is 0.257. The number of aromatic nitrogens is 3. The summed E-state index contributed by atoms with van der Waals surface area (Å²) in [6.07, 6.45) is 7.29.